The zero-order valence-corrected chi connectivity index (χ0v) is 17.4. The van der Waals surface area contributed by atoms with E-state index in [2.05, 4.69) is 15.6 Å². The zero-order valence-electron chi connectivity index (χ0n) is 17.4. The third-order valence-corrected chi connectivity index (χ3v) is 6.64. The van der Waals surface area contributed by atoms with E-state index in [1.165, 1.54) is 0 Å². The summed E-state index contributed by atoms with van der Waals surface area (Å²) in [7, 11) is 0. The number of piperidine rings is 1. The van der Waals surface area contributed by atoms with Gasteiger partial charge < -0.3 is 15.3 Å². The first-order valence-corrected chi connectivity index (χ1v) is 11.0. The number of carbonyl (C=O) groups excluding carboxylic acids is 3. The SMILES string of the molecule is O=C1CCC(c2cccc(NC3CCC(C(=O)N4CC[C@@H](C(=O)O)C4)CC3)n2)C(=O)N1. The van der Waals surface area contributed by atoms with Crippen LogP contribution in [0, 0.1) is 11.8 Å². The van der Waals surface area contributed by atoms with Crippen LogP contribution in [0.4, 0.5) is 5.82 Å². The fourth-order valence-electron chi connectivity index (χ4n) is 4.82. The molecule has 31 heavy (non-hydrogen) atoms. The van der Waals surface area contributed by atoms with E-state index in [-0.39, 0.29) is 29.7 Å². The molecule has 3 heterocycles. The van der Waals surface area contributed by atoms with E-state index in [0.29, 0.717) is 43.9 Å². The lowest BCUT2D eigenvalue weighted by Crippen LogP contribution is -2.40. The number of likely N-dealkylation sites (tertiary alicyclic amines) is 1. The molecule has 3 aliphatic rings. The summed E-state index contributed by atoms with van der Waals surface area (Å²) in [5, 5.41) is 14.9. The number of carboxylic acid groups (broad SMARTS) is 1. The van der Waals surface area contributed by atoms with Gasteiger partial charge in [0, 0.05) is 31.5 Å². The van der Waals surface area contributed by atoms with Crippen molar-refractivity contribution in [1.82, 2.24) is 15.2 Å². The van der Waals surface area contributed by atoms with Gasteiger partial charge in [-0.2, -0.15) is 0 Å². The largest absolute Gasteiger partial charge is 0.481 e. The molecule has 2 saturated heterocycles. The number of carbonyl (C=O) groups is 4. The van der Waals surface area contributed by atoms with Crippen molar-refractivity contribution < 1.29 is 24.3 Å². The van der Waals surface area contributed by atoms with Gasteiger partial charge in [-0.25, -0.2) is 4.98 Å². The number of carboxylic acids is 1. The smallest absolute Gasteiger partial charge is 0.308 e. The number of amides is 3. The van der Waals surface area contributed by atoms with Crippen molar-refractivity contribution in [3.8, 4) is 0 Å². The van der Waals surface area contributed by atoms with E-state index >= 15 is 0 Å². The van der Waals surface area contributed by atoms with E-state index in [0.717, 1.165) is 25.7 Å². The Morgan fingerprint density at radius 3 is 2.52 bits per heavy atom. The van der Waals surface area contributed by atoms with Crippen molar-refractivity contribution in [2.45, 2.75) is 56.9 Å². The van der Waals surface area contributed by atoms with E-state index in [4.69, 9.17) is 5.11 Å². The van der Waals surface area contributed by atoms with Gasteiger partial charge in [0.05, 0.1) is 17.5 Å². The van der Waals surface area contributed by atoms with Crippen LogP contribution in [0.3, 0.4) is 0 Å². The Bertz CT molecular complexity index is 880. The highest BCUT2D eigenvalue weighted by atomic mass is 16.4. The summed E-state index contributed by atoms with van der Waals surface area (Å²) in [5.74, 6) is -1.49. The number of aliphatic carboxylic acids is 1. The molecule has 1 unspecified atom stereocenters. The summed E-state index contributed by atoms with van der Waals surface area (Å²) in [6.07, 6.45) is 4.50. The average molecular weight is 428 g/mol. The lowest BCUT2D eigenvalue weighted by Gasteiger charge is -2.31. The Kier molecular flexibility index (Phi) is 6.20. The fraction of sp³-hybridized carbons (Fsp3) is 0.591. The van der Waals surface area contributed by atoms with Crippen LogP contribution >= 0.6 is 0 Å². The van der Waals surface area contributed by atoms with Crippen molar-refractivity contribution in [3.63, 3.8) is 0 Å². The number of hydrogen-bond donors (Lipinski definition) is 3. The van der Waals surface area contributed by atoms with Crippen molar-refractivity contribution in [2.75, 3.05) is 18.4 Å². The molecule has 3 N–H and O–H groups in total. The molecule has 4 rings (SSSR count). The van der Waals surface area contributed by atoms with Crippen LogP contribution in [0.25, 0.3) is 0 Å². The molecule has 1 aliphatic carbocycles. The highest BCUT2D eigenvalue weighted by Crippen LogP contribution is 2.30. The molecule has 1 aromatic rings. The van der Waals surface area contributed by atoms with Crippen LogP contribution < -0.4 is 10.6 Å². The third-order valence-electron chi connectivity index (χ3n) is 6.64. The van der Waals surface area contributed by atoms with Gasteiger partial charge in [0.25, 0.3) is 0 Å². The highest BCUT2D eigenvalue weighted by Gasteiger charge is 2.35. The summed E-state index contributed by atoms with van der Waals surface area (Å²) < 4.78 is 0. The number of pyridine rings is 1. The average Bonchev–Trinajstić information content (AvgIpc) is 3.25. The number of rotatable bonds is 5. The minimum atomic E-state index is -0.824. The first kappa shape index (κ1) is 21.3. The normalized spacial score (nSPS) is 28.8. The van der Waals surface area contributed by atoms with Crippen molar-refractivity contribution in [3.05, 3.63) is 23.9 Å². The van der Waals surface area contributed by atoms with Gasteiger partial charge in [-0.05, 0) is 50.7 Å². The molecule has 1 saturated carbocycles. The van der Waals surface area contributed by atoms with Gasteiger partial charge in [-0.1, -0.05) is 6.07 Å². The number of nitrogens with zero attached hydrogens (tertiary/aromatic N) is 2. The summed E-state index contributed by atoms with van der Waals surface area (Å²) in [4.78, 5) is 53.7. The van der Waals surface area contributed by atoms with E-state index in [1.54, 1.807) is 11.0 Å². The summed E-state index contributed by atoms with van der Waals surface area (Å²) in [6.45, 7) is 0.856. The van der Waals surface area contributed by atoms with Gasteiger partial charge in [0.15, 0.2) is 0 Å². The maximum absolute atomic E-state index is 12.7. The molecule has 166 valence electrons. The molecular weight excluding hydrogens is 400 g/mol. The van der Waals surface area contributed by atoms with Gasteiger partial charge in [0.2, 0.25) is 17.7 Å². The Hall–Kier alpha value is -2.97. The van der Waals surface area contributed by atoms with E-state index < -0.39 is 17.8 Å². The third kappa shape index (κ3) is 4.86. The Morgan fingerprint density at radius 2 is 1.84 bits per heavy atom. The molecule has 2 atom stereocenters. The molecule has 0 radical (unpaired) electrons. The molecule has 9 heteroatoms. The maximum Gasteiger partial charge on any atom is 0.308 e. The van der Waals surface area contributed by atoms with Gasteiger partial charge >= 0.3 is 5.97 Å². The molecule has 0 aromatic carbocycles. The minimum absolute atomic E-state index is 0.0478. The summed E-state index contributed by atoms with van der Waals surface area (Å²) in [5.41, 5.74) is 0.654. The predicted molar refractivity (Wildman–Crippen MR) is 111 cm³/mol. The van der Waals surface area contributed by atoms with Gasteiger partial charge in [0.1, 0.15) is 5.82 Å². The molecule has 2 aliphatic heterocycles. The standard InChI is InChI=1S/C22H28N4O5/c27-19-9-8-16(20(28)25-19)17-2-1-3-18(24-17)23-15-6-4-13(5-7-15)21(29)26-11-10-14(12-26)22(30)31/h1-3,13-16H,4-12H2,(H,23,24)(H,30,31)(H,25,27,28)/t13?,14-,15?,16?/m1/s1. The minimum Gasteiger partial charge on any atom is -0.481 e. The van der Waals surface area contributed by atoms with Crippen molar-refractivity contribution >= 4 is 29.5 Å². The monoisotopic (exact) mass is 428 g/mol. The number of nitrogens with one attached hydrogen (secondary N) is 2. The molecule has 3 amide bonds. The van der Waals surface area contributed by atoms with Crippen molar-refractivity contribution in [2.24, 2.45) is 11.8 Å². The highest BCUT2D eigenvalue weighted by molar-refractivity contribution is 6.00. The Labute approximate surface area is 180 Å². The predicted octanol–water partition coefficient (Wildman–Crippen LogP) is 1.51. The van der Waals surface area contributed by atoms with Crippen LogP contribution in [0.1, 0.15) is 56.6 Å². The Morgan fingerprint density at radius 1 is 1.06 bits per heavy atom. The summed E-state index contributed by atoms with van der Waals surface area (Å²) >= 11 is 0. The van der Waals surface area contributed by atoms with Crippen LogP contribution in [-0.4, -0.2) is 57.8 Å². The molecule has 9 nitrogen and oxygen atoms in total. The van der Waals surface area contributed by atoms with E-state index in [1.807, 2.05) is 12.1 Å². The van der Waals surface area contributed by atoms with Gasteiger partial charge in [-0.3, -0.25) is 24.5 Å². The van der Waals surface area contributed by atoms with E-state index in [9.17, 15) is 19.2 Å². The molecule has 1 aromatic heterocycles. The molecular formula is C22H28N4O5. The number of hydrogen-bond acceptors (Lipinski definition) is 6. The topological polar surface area (TPSA) is 129 Å². The second kappa shape index (κ2) is 9.03. The van der Waals surface area contributed by atoms with Crippen LogP contribution in [-0.2, 0) is 19.2 Å². The first-order valence-electron chi connectivity index (χ1n) is 11.0. The van der Waals surface area contributed by atoms with Crippen LogP contribution in [0.2, 0.25) is 0 Å². The summed E-state index contributed by atoms with van der Waals surface area (Å²) in [6, 6.07) is 5.72. The van der Waals surface area contributed by atoms with Crippen molar-refractivity contribution in [1.29, 1.82) is 0 Å². The molecule has 0 spiro atoms. The fourth-order valence-corrected chi connectivity index (χ4v) is 4.82. The maximum atomic E-state index is 12.7. The molecule has 0 bridgehead atoms. The second-order valence-corrected chi connectivity index (χ2v) is 8.75. The second-order valence-electron chi connectivity index (χ2n) is 8.75. The number of aromatic nitrogens is 1. The molecule has 3 fully saturated rings. The zero-order chi connectivity index (χ0) is 22.0. The number of anilines is 1. The number of imide groups is 1. The quantitative estimate of drug-likeness (QED) is 0.606. The van der Waals surface area contributed by atoms with Crippen LogP contribution in [0.5, 0.6) is 0 Å². The first-order chi connectivity index (χ1) is 14.9. The lowest BCUT2D eigenvalue weighted by atomic mass is 9.85. The Balaban J connectivity index is 1.29. The van der Waals surface area contributed by atoms with Gasteiger partial charge in [-0.15, -0.1) is 0 Å². The van der Waals surface area contributed by atoms with Crippen LogP contribution in [0.15, 0.2) is 18.2 Å². The lowest BCUT2D eigenvalue weighted by molar-refractivity contribution is -0.142.